The standard InChI is InChI=1S/C59H112O6/c1-4-7-10-13-16-19-21-23-25-27-28-29-30-32-33-35-37-40-43-46-49-52-58(61)64-55-56(54-63-57(60)51-48-45-42-39-18-15-12-9-6-3)65-59(62)53-50-47-44-41-38-36-34-31-26-24-22-20-17-14-11-8-5-2/h27-28,56H,4-26,29-55H2,1-3H3/b28-27-. The molecule has 384 valence electrons. The Morgan fingerprint density at radius 3 is 0.769 bits per heavy atom. The Balaban J connectivity index is 4.20. The highest BCUT2D eigenvalue weighted by molar-refractivity contribution is 5.71. The maximum atomic E-state index is 12.8. The monoisotopic (exact) mass is 917 g/mol. The Kier molecular flexibility index (Phi) is 53.2. The molecule has 0 aromatic rings. The first kappa shape index (κ1) is 63.1. The lowest BCUT2D eigenvalue weighted by molar-refractivity contribution is -0.167. The van der Waals surface area contributed by atoms with E-state index in [0.29, 0.717) is 19.3 Å². The van der Waals surface area contributed by atoms with Gasteiger partial charge in [0.25, 0.3) is 0 Å². The lowest BCUT2D eigenvalue weighted by Gasteiger charge is -2.18. The highest BCUT2D eigenvalue weighted by Gasteiger charge is 2.19. The van der Waals surface area contributed by atoms with Crippen LogP contribution in [0.15, 0.2) is 12.2 Å². The number of unbranched alkanes of at least 4 members (excludes halogenated alkanes) is 41. The Morgan fingerprint density at radius 1 is 0.292 bits per heavy atom. The van der Waals surface area contributed by atoms with Crippen LogP contribution in [0.4, 0.5) is 0 Å². The van der Waals surface area contributed by atoms with Gasteiger partial charge in [0.2, 0.25) is 0 Å². The van der Waals surface area contributed by atoms with Gasteiger partial charge in [0.05, 0.1) is 0 Å². The topological polar surface area (TPSA) is 78.9 Å². The van der Waals surface area contributed by atoms with Crippen LogP contribution in [0.5, 0.6) is 0 Å². The number of allylic oxidation sites excluding steroid dienone is 2. The van der Waals surface area contributed by atoms with Gasteiger partial charge in [-0.3, -0.25) is 14.4 Å². The molecule has 6 heteroatoms. The molecule has 0 aliphatic carbocycles. The lowest BCUT2D eigenvalue weighted by Crippen LogP contribution is -2.30. The summed E-state index contributed by atoms with van der Waals surface area (Å²) in [5.41, 5.74) is 0. The molecule has 0 heterocycles. The molecule has 0 bridgehead atoms. The predicted molar refractivity (Wildman–Crippen MR) is 280 cm³/mol. The van der Waals surface area contributed by atoms with Crippen LogP contribution >= 0.6 is 0 Å². The van der Waals surface area contributed by atoms with Crippen molar-refractivity contribution in [2.45, 2.75) is 335 Å². The van der Waals surface area contributed by atoms with E-state index >= 15 is 0 Å². The zero-order chi connectivity index (χ0) is 47.2. The summed E-state index contributed by atoms with van der Waals surface area (Å²) in [5.74, 6) is -0.847. The van der Waals surface area contributed by atoms with Crippen LogP contribution in [0.25, 0.3) is 0 Å². The average Bonchev–Trinajstić information content (AvgIpc) is 3.30. The first-order valence-corrected chi connectivity index (χ1v) is 29.2. The first-order valence-electron chi connectivity index (χ1n) is 29.2. The normalized spacial score (nSPS) is 12.0. The van der Waals surface area contributed by atoms with Gasteiger partial charge in [0.15, 0.2) is 6.10 Å². The molecule has 0 radical (unpaired) electrons. The van der Waals surface area contributed by atoms with Crippen LogP contribution in [-0.4, -0.2) is 37.2 Å². The molecule has 0 fully saturated rings. The number of ether oxygens (including phenoxy) is 3. The molecule has 0 rings (SSSR count). The fraction of sp³-hybridized carbons (Fsp3) is 0.915. The quantitative estimate of drug-likeness (QED) is 0.0262. The molecule has 6 nitrogen and oxygen atoms in total. The summed E-state index contributed by atoms with van der Waals surface area (Å²) in [6.45, 7) is 6.67. The van der Waals surface area contributed by atoms with E-state index in [-0.39, 0.29) is 31.1 Å². The van der Waals surface area contributed by atoms with Crippen LogP contribution in [0, 0.1) is 0 Å². The molecule has 1 unspecified atom stereocenters. The summed E-state index contributed by atoms with van der Waals surface area (Å²) in [6.07, 6.45) is 62.1. The maximum absolute atomic E-state index is 12.8. The van der Waals surface area contributed by atoms with Crippen molar-refractivity contribution in [2.24, 2.45) is 0 Å². The number of rotatable bonds is 54. The summed E-state index contributed by atoms with van der Waals surface area (Å²) >= 11 is 0. The second-order valence-electron chi connectivity index (χ2n) is 19.9. The number of hydrogen-bond donors (Lipinski definition) is 0. The van der Waals surface area contributed by atoms with E-state index in [2.05, 4.69) is 32.9 Å². The Morgan fingerprint density at radius 2 is 0.508 bits per heavy atom. The maximum Gasteiger partial charge on any atom is 0.306 e. The van der Waals surface area contributed by atoms with Gasteiger partial charge >= 0.3 is 17.9 Å². The summed E-state index contributed by atoms with van der Waals surface area (Å²) in [4.78, 5) is 38.0. The van der Waals surface area contributed by atoms with Crippen molar-refractivity contribution in [3.8, 4) is 0 Å². The van der Waals surface area contributed by atoms with Gasteiger partial charge in [0, 0.05) is 19.3 Å². The van der Waals surface area contributed by atoms with E-state index in [1.807, 2.05) is 0 Å². The summed E-state index contributed by atoms with van der Waals surface area (Å²) in [7, 11) is 0. The van der Waals surface area contributed by atoms with E-state index in [0.717, 1.165) is 57.8 Å². The van der Waals surface area contributed by atoms with Crippen LogP contribution < -0.4 is 0 Å². The second kappa shape index (κ2) is 54.8. The molecule has 0 saturated heterocycles. The van der Waals surface area contributed by atoms with Gasteiger partial charge in [-0.1, -0.05) is 277 Å². The Bertz CT molecular complexity index is 1010. The van der Waals surface area contributed by atoms with Gasteiger partial charge in [-0.15, -0.1) is 0 Å². The largest absolute Gasteiger partial charge is 0.462 e. The van der Waals surface area contributed by atoms with Gasteiger partial charge in [-0.2, -0.15) is 0 Å². The molecule has 0 aliphatic heterocycles. The molecule has 65 heavy (non-hydrogen) atoms. The van der Waals surface area contributed by atoms with Crippen molar-refractivity contribution in [3.05, 3.63) is 12.2 Å². The minimum absolute atomic E-state index is 0.0651. The first-order chi connectivity index (χ1) is 32.0. The Hall–Kier alpha value is -1.85. The van der Waals surface area contributed by atoms with E-state index in [9.17, 15) is 14.4 Å². The molecule has 0 aromatic heterocycles. The fourth-order valence-electron chi connectivity index (χ4n) is 8.85. The summed E-state index contributed by atoms with van der Waals surface area (Å²) < 4.78 is 16.8. The molecule has 0 amide bonds. The van der Waals surface area contributed by atoms with Crippen molar-refractivity contribution in [1.29, 1.82) is 0 Å². The summed E-state index contributed by atoms with van der Waals surface area (Å²) in [6, 6.07) is 0. The second-order valence-corrected chi connectivity index (χ2v) is 19.9. The third-order valence-electron chi connectivity index (χ3n) is 13.3. The number of carbonyl (C=O) groups is 3. The van der Waals surface area contributed by atoms with E-state index < -0.39 is 6.10 Å². The smallest absolute Gasteiger partial charge is 0.306 e. The van der Waals surface area contributed by atoms with Gasteiger partial charge in [-0.05, 0) is 44.9 Å². The molecular weight excluding hydrogens is 805 g/mol. The third kappa shape index (κ3) is 53.0. The van der Waals surface area contributed by atoms with Crippen LogP contribution in [-0.2, 0) is 28.6 Å². The minimum Gasteiger partial charge on any atom is -0.462 e. The predicted octanol–water partition coefficient (Wildman–Crippen LogP) is 19.3. The fourth-order valence-corrected chi connectivity index (χ4v) is 8.85. The molecule has 0 aliphatic rings. The summed E-state index contributed by atoms with van der Waals surface area (Å²) in [5, 5.41) is 0. The molecule has 1 atom stereocenters. The van der Waals surface area contributed by atoms with Crippen molar-refractivity contribution in [2.75, 3.05) is 13.2 Å². The number of carbonyl (C=O) groups excluding carboxylic acids is 3. The van der Waals surface area contributed by atoms with E-state index in [1.165, 1.54) is 231 Å². The van der Waals surface area contributed by atoms with Gasteiger partial charge < -0.3 is 14.2 Å². The van der Waals surface area contributed by atoms with Gasteiger partial charge in [-0.25, -0.2) is 0 Å². The van der Waals surface area contributed by atoms with E-state index in [4.69, 9.17) is 14.2 Å². The van der Waals surface area contributed by atoms with Crippen molar-refractivity contribution >= 4 is 17.9 Å². The molecule has 0 saturated carbocycles. The zero-order valence-corrected chi connectivity index (χ0v) is 44.0. The number of esters is 3. The van der Waals surface area contributed by atoms with Gasteiger partial charge in [0.1, 0.15) is 13.2 Å². The third-order valence-corrected chi connectivity index (χ3v) is 13.3. The van der Waals surface area contributed by atoms with Crippen LogP contribution in [0.3, 0.4) is 0 Å². The highest BCUT2D eigenvalue weighted by atomic mass is 16.6. The van der Waals surface area contributed by atoms with E-state index in [1.54, 1.807) is 0 Å². The molecule has 0 aromatic carbocycles. The molecular formula is C59H112O6. The lowest BCUT2D eigenvalue weighted by atomic mass is 10.0. The minimum atomic E-state index is -0.764. The Labute approximate surface area is 405 Å². The van der Waals surface area contributed by atoms with Crippen molar-refractivity contribution < 1.29 is 28.6 Å². The zero-order valence-electron chi connectivity index (χ0n) is 44.0. The van der Waals surface area contributed by atoms with Crippen molar-refractivity contribution in [3.63, 3.8) is 0 Å². The van der Waals surface area contributed by atoms with Crippen molar-refractivity contribution in [1.82, 2.24) is 0 Å². The molecule has 0 spiro atoms. The SMILES string of the molecule is CCCCCCCCCC/C=C\CCCCCCCCCCCC(=O)OCC(COC(=O)CCCCCCCCCCC)OC(=O)CCCCCCCCCCCCCCCCCCC. The highest BCUT2D eigenvalue weighted by Crippen LogP contribution is 2.17. The van der Waals surface area contributed by atoms with Crippen LogP contribution in [0.1, 0.15) is 329 Å². The number of hydrogen-bond acceptors (Lipinski definition) is 6. The average molecular weight is 918 g/mol. The molecule has 0 N–H and O–H groups in total. The van der Waals surface area contributed by atoms with Crippen LogP contribution in [0.2, 0.25) is 0 Å².